The van der Waals surface area contributed by atoms with Crippen LogP contribution in [0.5, 0.6) is 11.5 Å². The molecule has 0 atom stereocenters. The Morgan fingerprint density at radius 2 is 1.07 bits per heavy atom. The first-order valence-corrected chi connectivity index (χ1v) is 15.0. The van der Waals surface area contributed by atoms with Gasteiger partial charge in [-0.25, -0.2) is 29.9 Å². The predicted octanol–water partition coefficient (Wildman–Crippen LogP) is 7.00. The van der Waals surface area contributed by atoms with Crippen LogP contribution < -0.4 is 0 Å². The molecule has 0 radical (unpaired) electrons. The zero-order chi connectivity index (χ0) is 30.2. The summed E-state index contributed by atoms with van der Waals surface area (Å²) in [7, 11) is -0.114. The molecule has 2 aliphatic heterocycles. The molecule has 7 aromatic rings. The summed E-state index contributed by atoms with van der Waals surface area (Å²) in [5.74, 6) is 1.02. The Morgan fingerprint density at radius 1 is 0.578 bits per heavy atom. The standard InChI is InChI=1S/C33H19N8O3P/c42-23-14-13-22-24(25(23)43)31-37-27-17-8-2-4-10-19(17)29(35-27)40-33-21-12-6-5-11-20(21)32(41(33)15-45-44)39-28-18-9-3-1-7-16(18)26(34-28)36-30(22)38-31/h1-14,42-43H,15H2,(H,34,35,36,37,38,39,40). The van der Waals surface area contributed by atoms with Crippen LogP contribution in [0, 0.1) is 0 Å². The molecular formula is C33H19N8O3P. The highest BCUT2D eigenvalue weighted by Crippen LogP contribution is 2.40. The van der Waals surface area contributed by atoms with Gasteiger partial charge in [-0.05, 0) is 12.1 Å². The van der Waals surface area contributed by atoms with Crippen molar-refractivity contribution in [2.24, 2.45) is 0 Å². The van der Waals surface area contributed by atoms with Gasteiger partial charge >= 0.3 is 0 Å². The van der Waals surface area contributed by atoms with Gasteiger partial charge in [0.05, 0.1) is 5.39 Å². The fraction of sp³-hybridized carbons (Fsp3) is 0.0303. The molecule has 0 spiro atoms. The second-order valence-electron chi connectivity index (χ2n) is 10.6. The van der Waals surface area contributed by atoms with Crippen molar-refractivity contribution in [3.05, 3.63) is 84.9 Å². The first-order chi connectivity index (χ1) is 22.1. The Bertz CT molecular complexity index is 2590. The van der Waals surface area contributed by atoms with E-state index in [1.807, 2.05) is 77.4 Å². The second kappa shape index (κ2) is 9.47. The van der Waals surface area contributed by atoms with Gasteiger partial charge in [0.25, 0.3) is 0 Å². The van der Waals surface area contributed by atoms with Gasteiger partial charge in [0.15, 0.2) is 43.3 Å². The lowest BCUT2D eigenvalue weighted by Crippen LogP contribution is -1.96. The molecule has 0 saturated heterocycles. The highest BCUT2D eigenvalue weighted by atomic mass is 31.1. The molecule has 0 saturated carbocycles. The number of aromatic hydroxyl groups is 2. The number of aromatic amines is 1. The largest absolute Gasteiger partial charge is 0.504 e. The minimum Gasteiger partial charge on any atom is -0.504 e. The van der Waals surface area contributed by atoms with Crippen LogP contribution in [0.25, 0.3) is 89.7 Å². The monoisotopic (exact) mass is 606 g/mol. The quantitative estimate of drug-likeness (QED) is 0.139. The van der Waals surface area contributed by atoms with Crippen molar-refractivity contribution in [3.63, 3.8) is 0 Å². The first kappa shape index (κ1) is 25.4. The molecule has 0 fully saturated rings. The van der Waals surface area contributed by atoms with E-state index in [4.69, 9.17) is 29.9 Å². The van der Waals surface area contributed by atoms with Crippen molar-refractivity contribution in [2.45, 2.75) is 6.29 Å². The van der Waals surface area contributed by atoms with Crippen LogP contribution in [-0.2, 0) is 10.9 Å². The number of hydrogen-bond acceptors (Lipinski definition) is 9. The predicted molar refractivity (Wildman–Crippen MR) is 171 cm³/mol. The maximum Gasteiger partial charge on any atom is 0.177 e. The molecule has 8 bridgehead atoms. The molecule has 45 heavy (non-hydrogen) atoms. The van der Waals surface area contributed by atoms with Crippen molar-refractivity contribution in [3.8, 4) is 57.1 Å². The topological polar surface area (TPSA) is 156 Å². The maximum absolute atomic E-state index is 12.2. The first-order valence-electron chi connectivity index (χ1n) is 14.0. The van der Waals surface area contributed by atoms with Gasteiger partial charge in [0.1, 0.15) is 28.9 Å². The van der Waals surface area contributed by atoms with Crippen LogP contribution in [0.15, 0.2) is 84.9 Å². The minimum absolute atomic E-state index is 0.107. The molecule has 0 amide bonds. The minimum atomic E-state index is -0.327. The molecule has 5 heterocycles. The number of nitrogens with zero attached hydrogens (tertiary/aromatic N) is 7. The summed E-state index contributed by atoms with van der Waals surface area (Å²) in [6.45, 7) is 0. The number of phenols is 2. The molecule has 11 nitrogen and oxygen atoms in total. The average molecular weight is 607 g/mol. The Hall–Kier alpha value is -6.06. The van der Waals surface area contributed by atoms with E-state index in [0.717, 1.165) is 33.0 Å². The van der Waals surface area contributed by atoms with Crippen LogP contribution in [0.3, 0.4) is 0 Å². The summed E-state index contributed by atoms with van der Waals surface area (Å²) >= 11 is 0. The Labute approximate surface area is 254 Å². The number of rotatable bonds is 2. The van der Waals surface area contributed by atoms with Crippen LogP contribution >= 0.6 is 8.46 Å². The SMILES string of the molecule is O=PCn1c2nc3nc(nc4[nH]c(nc5nc(nc1c1ccccc12)-c1ccccc1-5)c1c(O)c(O)ccc41)-c1ccccc1-3. The molecule has 214 valence electrons. The number of phenolic OH excluding ortho intramolecular Hbond substituents is 2. The highest BCUT2D eigenvalue weighted by Gasteiger charge is 2.23. The summed E-state index contributed by atoms with van der Waals surface area (Å²) in [6.07, 6.45) is 0.107. The van der Waals surface area contributed by atoms with E-state index >= 15 is 0 Å². The van der Waals surface area contributed by atoms with Gasteiger partial charge in [-0.1, -0.05) is 72.8 Å². The summed E-state index contributed by atoms with van der Waals surface area (Å²) in [5, 5.41) is 23.9. The molecule has 12 heteroatoms. The number of aromatic nitrogens is 8. The molecular weight excluding hydrogens is 587 g/mol. The Morgan fingerprint density at radius 3 is 1.60 bits per heavy atom. The fourth-order valence-electron chi connectivity index (χ4n) is 6.07. The van der Waals surface area contributed by atoms with Crippen molar-refractivity contribution >= 4 is 52.6 Å². The maximum atomic E-state index is 12.2. The van der Waals surface area contributed by atoms with Crippen LogP contribution in [0.2, 0.25) is 0 Å². The summed E-state index contributed by atoms with van der Waals surface area (Å²) < 4.78 is 14.0. The summed E-state index contributed by atoms with van der Waals surface area (Å²) in [6, 6.07) is 26.1. The average Bonchev–Trinajstić information content (AvgIpc) is 3.78. The lowest BCUT2D eigenvalue weighted by atomic mass is 10.1. The second-order valence-corrected chi connectivity index (χ2v) is 11.2. The summed E-state index contributed by atoms with van der Waals surface area (Å²) in [4.78, 5) is 32.8. The zero-order valence-electron chi connectivity index (χ0n) is 23.2. The number of benzene rings is 4. The van der Waals surface area contributed by atoms with E-state index in [1.165, 1.54) is 6.07 Å². The molecule has 0 unspecified atom stereocenters. The van der Waals surface area contributed by atoms with Crippen molar-refractivity contribution in [1.29, 1.82) is 0 Å². The van der Waals surface area contributed by atoms with Gasteiger partial charge < -0.3 is 15.2 Å². The van der Waals surface area contributed by atoms with Crippen LogP contribution in [0.1, 0.15) is 0 Å². The van der Waals surface area contributed by atoms with Gasteiger partial charge in [-0.2, -0.15) is 0 Å². The van der Waals surface area contributed by atoms with E-state index in [2.05, 4.69) is 4.98 Å². The number of fused-ring (bicyclic) bond motifs is 20. The van der Waals surface area contributed by atoms with Crippen molar-refractivity contribution in [1.82, 2.24) is 39.5 Å². The Kier molecular flexibility index (Phi) is 5.35. The third-order valence-electron chi connectivity index (χ3n) is 8.11. The number of H-pyrrole nitrogens is 1. The lowest BCUT2D eigenvalue weighted by Gasteiger charge is -2.00. The molecule has 4 aromatic carbocycles. The van der Waals surface area contributed by atoms with Crippen LogP contribution in [-0.4, -0.2) is 49.7 Å². The van der Waals surface area contributed by atoms with E-state index in [9.17, 15) is 14.8 Å². The van der Waals surface area contributed by atoms with E-state index in [0.29, 0.717) is 51.0 Å². The van der Waals surface area contributed by atoms with Gasteiger partial charge in [-0.15, -0.1) is 0 Å². The van der Waals surface area contributed by atoms with E-state index in [-0.39, 0.29) is 31.9 Å². The Balaban J connectivity index is 1.55. The molecule has 3 N–H and O–H groups in total. The van der Waals surface area contributed by atoms with E-state index in [1.54, 1.807) is 6.07 Å². The van der Waals surface area contributed by atoms with Crippen molar-refractivity contribution in [2.75, 3.05) is 0 Å². The van der Waals surface area contributed by atoms with Gasteiger partial charge in [-0.3, -0.25) is 9.13 Å². The van der Waals surface area contributed by atoms with Gasteiger partial charge in [0, 0.05) is 38.4 Å². The number of hydrogen-bond donors (Lipinski definition) is 3. The van der Waals surface area contributed by atoms with Gasteiger partial charge in [0.2, 0.25) is 0 Å². The van der Waals surface area contributed by atoms with Crippen molar-refractivity contribution < 1.29 is 14.8 Å². The smallest absolute Gasteiger partial charge is 0.177 e. The lowest BCUT2D eigenvalue weighted by molar-refractivity contribution is 0.408. The summed E-state index contributed by atoms with van der Waals surface area (Å²) in [5.41, 5.74) is 4.81. The normalized spacial score (nSPS) is 12.1. The van der Waals surface area contributed by atoms with E-state index < -0.39 is 0 Å². The van der Waals surface area contributed by atoms with Crippen LogP contribution in [0.4, 0.5) is 0 Å². The number of nitrogens with one attached hydrogen (secondary N) is 1. The molecule has 9 rings (SSSR count). The molecule has 3 aromatic heterocycles. The molecule has 0 aliphatic carbocycles. The highest BCUT2D eigenvalue weighted by molar-refractivity contribution is 7.22. The molecule has 2 aliphatic rings. The third kappa shape index (κ3) is 3.71. The fourth-order valence-corrected chi connectivity index (χ4v) is 6.45. The third-order valence-corrected chi connectivity index (χ3v) is 8.50. The zero-order valence-corrected chi connectivity index (χ0v) is 24.1.